The van der Waals surface area contributed by atoms with E-state index in [2.05, 4.69) is 8.37 Å². The summed E-state index contributed by atoms with van der Waals surface area (Å²) in [5, 5.41) is 9.59. The van der Waals surface area contributed by atoms with E-state index < -0.39 is 10.4 Å². The van der Waals surface area contributed by atoms with Gasteiger partial charge in [-0.1, -0.05) is 0 Å². The van der Waals surface area contributed by atoms with Crippen LogP contribution in [-0.2, 0) is 16.8 Å². The number of phenols is 1. The highest BCUT2D eigenvalue weighted by Crippen LogP contribution is 2.48. The van der Waals surface area contributed by atoms with Gasteiger partial charge in [0.05, 0.1) is 7.11 Å². The summed E-state index contributed by atoms with van der Waals surface area (Å²) in [5.41, 5.74) is 5.87. The van der Waals surface area contributed by atoms with Crippen LogP contribution in [0.1, 0.15) is 5.56 Å². The summed E-state index contributed by atoms with van der Waals surface area (Å²) in [5.74, 6) is -0.562. The standard InChI is InChI=1S/C9H11NO6S/c1-14-8-5(2-3-10)7-4-6(11)9(8)16-17(12,13)15-7/h4,11H,2-3,10H2,1H3. The maximum Gasteiger partial charge on any atom is 0.501 e. The van der Waals surface area contributed by atoms with Crippen molar-refractivity contribution >= 4 is 10.4 Å². The second-order valence-corrected chi connectivity index (χ2v) is 4.50. The van der Waals surface area contributed by atoms with Crippen molar-refractivity contribution in [1.29, 1.82) is 0 Å². The average Bonchev–Trinajstić information content (AvgIpc) is 2.41. The van der Waals surface area contributed by atoms with E-state index in [0.29, 0.717) is 12.0 Å². The minimum absolute atomic E-state index is 0.0361. The first kappa shape index (κ1) is 11.8. The van der Waals surface area contributed by atoms with Crippen molar-refractivity contribution in [2.75, 3.05) is 13.7 Å². The van der Waals surface area contributed by atoms with E-state index >= 15 is 0 Å². The Balaban J connectivity index is 2.71. The van der Waals surface area contributed by atoms with Gasteiger partial charge in [0, 0.05) is 11.6 Å². The summed E-state index contributed by atoms with van der Waals surface area (Å²) >= 11 is 0. The first-order chi connectivity index (χ1) is 7.98. The number of phenolic OH excluding ortho intramolecular Hbond substituents is 1. The smallest absolute Gasteiger partial charge is 0.501 e. The lowest BCUT2D eigenvalue weighted by atomic mass is 10.1. The number of rotatable bonds is 3. The van der Waals surface area contributed by atoms with Gasteiger partial charge in [-0.2, -0.15) is 0 Å². The molecule has 0 unspecified atom stereocenters. The maximum absolute atomic E-state index is 11.3. The molecular weight excluding hydrogens is 250 g/mol. The van der Waals surface area contributed by atoms with Crippen LogP contribution < -0.4 is 18.8 Å². The number of methoxy groups -OCH3 is 1. The Bertz CT molecular complexity index is 553. The molecule has 17 heavy (non-hydrogen) atoms. The van der Waals surface area contributed by atoms with E-state index in [1.165, 1.54) is 7.11 Å². The molecule has 2 aliphatic heterocycles. The van der Waals surface area contributed by atoms with E-state index in [1.807, 2.05) is 0 Å². The van der Waals surface area contributed by atoms with E-state index in [0.717, 1.165) is 6.07 Å². The zero-order valence-corrected chi connectivity index (χ0v) is 9.78. The lowest BCUT2D eigenvalue weighted by Gasteiger charge is -2.10. The summed E-state index contributed by atoms with van der Waals surface area (Å²) in [6.45, 7) is 0.275. The SMILES string of the molecule is COc1c(CCN)c2cc(O)c1OS(=O)(=O)O2. The Kier molecular flexibility index (Phi) is 2.76. The van der Waals surface area contributed by atoms with Gasteiger partial charge in [0.25, 0.3) is 0 Å². The molecule has 0 atom stereocenters. The fourth-order valence-corrected chi connectivity index (χ4v) is 2.39. The molecule has 1 aromatic carbocycles. The van der Waals surface area contributed by atoms with Gasteiger partial charge in [0.15, 0.2) is 17.2 Å². The van der Waals surface area contributed by atoms with Crippen molar-refractivity contribution < 1.29 is 26.6 Å². The molecule has 3 N–H and O–H groups in total. The first-order valence-electron chi connectivity index (χ1n) is 4.75. The number of ether oxygens (including phenoxy) is 1. The third-order valence-corrected chi connectivity index (χ3v) is 3.01. The lowest BCUT2D eigenvalue weighted by Crippen LogP contribution is -2.14. The molecule has 2 bridgehead atoms. The van der Waals surface area contributed by atoms with Crippen LogP contribution in [0.2, 0.25) is 0 Å². The number of hydrogen-bond donors (Lipinski definition) is 2. The molecule has 2 aliphatic rings. The molecular formula is C9H11NO6S. The van der Waals surface area contributed by atoms with E-state index in [4.69, 9.17) is 10.5 Å². The highest BCUT2D eigenvalue weighted by molar-refractivity contribution is 7.82. The molecule has 94 valence electrons. The van der Waals surface area contributed by atoms with Crippen LogP contribution in [0.3, 0.4) is 0 Å². The number of nitrogens with two attached hydrogens (primary N) is 1. The summed E-state index contributed by atoms with van der Waals surface area (Å²) in [6, 6.07) is 1.16. The van der Waals surface area contributed by atoms with Gasteiger partial charge in [-0.25, -0.2) is 0 Å². The summed E-state index contributed by atoms with van der Waals surface area (Å²) < 4.78 is 37.0. The molecule has 2 heterocycles. The van der Waals surface area contributed by atoms with Crippen LogP contribution in [0.4, 0.5) is 0 Å². The Morgan fingerprint density at radius 1 is 1.47 bits per heavy atom. The van der Waals surface area contributed by atoms with Crippen molar-refractivity contribution in [3.05, 3.63) is 11.6 Å². The molecule has 0 radical (unpaired) electrons. The number of aromatic hydroxyl groups is 1. The quantitative estimate of drug-likeness (QED) is 0.783. The molecule has 7 nitrogen and oxygen atoms in total. The minimum atomic E-state index is -4.23. The monoisotopic (exact) mass is 261 g/mol. The number of hydrogen-bond acceptors (Lipinski definition) is 7. The Morgan fingerprint density at radius 3 is 2.76 bits per heavy atom. The van der Waals surface area contributed by atoms with Crippen molar-refractivity contribution in [3.63, 3.8) is 0 Å². The molecule has 0 saturated heterocycles. The average molecular weight is 261 g/mol. The van der Waals surface area contributed by atoms with Gasteiger partial charge in [-0.05, 0) is 13.0 Å². The van der Waals surface area contributed by atoms with Crippen molar-refractivity contribution in [2.24, 2.45) is 5.73 Å². The minimum Gasteiger partial charge on any atom is -0.504 e. The van der Waals surface area contributed by atoms with Crippen LogP contribution in [0.15, 0.2) is 6.07 Å². The Labute approximate surface area is 98.0 Å². The van der Waals surface area contributed by atoms with Crippen LogP contribution in [-0.4, -0.2) is 27.2 Å². The van der Waals surface area contributed by atoms with Crippen LogP contribution in [0, 0.1) is 0 Å². The lowest BCUT2D eigenvalue weighted by molar-refractivity contribution is 0.363. The van der Waals surface area contributed by atoms with Gasteiger partial charge in [0.1, 0.15) is 0 Å². The van der Waals surface area contributed by atoms with E-state index in [-0.39, 0.29) is 29.5 Å². The van der Waals surface area contributed by atoms with Crippen molar-refractivity contribution in [1.82, 2.24) is 0 Å². The molecule has 0 amide bonds. The third-order valence-electron chi connectivity index (χ3n) is 2.25. The van der Waals surface area contributed by atoms with Crippen molar-refractivity contribution in [2.45, 2.75) is 6.42 Å². The molecule has 0 aliphatic carbocycles. The summed E-state index contributed by atoms with van der Waals surface area (Å²) in [7, 11) is -2.89. The van der Waals surface area contributed by atoms with Crippen LogP contribution in [0.25, 0.3) is 0 Å². The Morgan fingerprint density at radius 2 is 2.18 bits per heavy atom. The first-order valence-corrected chi connectivity index (χ1v) is 6.08. The van der Waals surface area contributed by atoms with Gasteiger partial charge in [-0.15, -0.1) is 8.42 Å². The fourth-order valence-electron chi connectivity index (χ4n) is 1.62. The van der Waals surface area contributed by atoms with Crippen LogP contribution >= 0.6 is 0 Å². The molecule has 3 rings (SSSR count). The zero-order valence-electron chi connectivity index (χ0n) is 8.97. The topological polar surface area (TPSA) is 108 Å². The molecule has 0 fully saturated rings. The molecule has 0 saturated carbocycles. The highest BCUT2D eigenvalue weighted by Gasteiger charge is 2.32. The van der Waals surface area contributed by atoms with Gasteiger partial charge in [-0.3, -0.25) is 0 Å². The normalized spacial score (nSPS) is 15.9. The van der Waals surface area contributed by atoms with E-state index in [1.54, 1.807) is 0 Å². The highest BCUT2D eigenvalue weighted by atomic mass is 32.3. The predicted molar refractivity (Wildman–Crippen MR) is 57.6 cm³/mol. The molecule has 8 heteroatoms. The Hall–Kier alpha value is -1.67. The second kappa shape index (κ2) is 3.97. The van der Waals surface area contributed by atoms with Gasteiger partial charge >= 0.3 is 10.4 Å². The fraction of sp³-hybridized carbons (Fsp3) is 0.333. The van der Waals surface area contributed by atoms with Crippen molar-refractivity contribution in [3.8, 4) is 23.0 Å². The number of fused-ring (bicyclic) bond motifs is 4. The second-order valence-electron chi connectivity index (χ2n) is 3.35. The molecule has 1 aromatic rings. The zero-order chi connectivity index (χ0) is 12.6. The summed E-state index contributed by atoms with van der Waals surface area (Å²) in [4.78, 5) is 0. The third kappa shape index (κ3) is 1.96. The van der Waals surface area contributed by atoms with E-state index in [9.17, 15) is 13.5 Å². The predicted octanol–water partition coefficient (Wildman–Crippen LogP) is -0.0820. The number of benzene rings is 1. The maximum atomic E-state index is 11.3. The molecule has 0 spiro atoms. The van der Waals surface area contributed by atoms with Gasteiger partial charge in [0.2, 0.25) is 5.75 Å². The molecule has 0 aromatic heterocycles. The van der Waals surface area contributed by atoms with Crippen LogP contribution in [0.5, 0.6) is 23.0 Å². The summed E-state index contributed by atoms with van der Waals surface area (Å²) in [6.07, 6.45) is 0.338. The largest absolute Gasteiger partial charge is 0.504 e. The van der Waals surface area contributed by atoms with Gasteiger partial charge < -0.3 is 23.9 Å².